The Morgan fingerprint density at radius 2 is 2.22 bits per heavy atom. The number of rotatable bonds is 3. The topological polar surface area (TPSA) is 29.5 Å². The summed E-state index contributed by atoms with van der Waals surface area (Å²) in [6.45, 7) is 2.11. The minimum atomic E-state index is -0.250. The molecule has 0 spiro atoms. The molecule has 1 rings (SSSR count). The van der Waals surface area contributed by atoms with Gasteiger partial charge in [-0.15, -0.1) is 0 Å². The van der Waals surface area contributed by atoms with Crippen LogP contribution in [0.3, 0.4) is 0 Å². The Morgan fingerprint density at radius 3 is 2.33 bits per heavy atom. The Labute approximate surface area is 55.8 Å². The third-order valence-electron chi connectivity index (χ3n) is 2.22. The van der Waals surface area contributed by atoms with Crippen LogP contribution in [0.25, 0.3) is 0 Å². The third kappa shape index (κ3) is 1.25. The lowest BCUT2D eigenvalue weighted by Crippen LogP contribution is -2.34. The lowest BCUT2D eigenvalue weighted by atomic mass is 10.0. The van der Waals surface area contributed by atoms with Gasteiger partial charge in [0.2, 0.25) is 0 Å². The molecule has 0 saturated heterocycles. The van der Waals surface area contributed by atoms with Crippen molar-refractivity contribution in [3.63, 3.8) is 0 Å². The van der Waals surface area contributed by atoms with Crippen LogP contribution in [0, 0.1) is 5.92 Å². The number of methoxy groups -OCH3 is 1. The van der Waals surface area contributed by atoms with Crippen LogP contribution in [0.5, 0.6) is 0 Å². The van der Waals surface area contributed by atoms with Crippen LogP contribution in [0.1, 0.15) is 19.8 Å². The van der Waals surface area contributed by atoms with Crippen molar-refractivity contribution < 1.29 is 9.84 Å². The van der Waals surface area contributed by atoms with Crippen molar-refractivity contribution >= 4 is 0 Å². The van der Waals surface area contributed by atoms with Gasteiger partial charge in [-0.25, -0.2) is 0 Å². The van der Waals surface area contributed by atoms with Crippen LogP contribution in [0.4, 0.5) is 0 Å². The highest BCUT2D eigenvalue weighted by Gasteiger charge is 2.41. The van der Waals surface area contributed by atoms with E-state index in [4.69, 9.17) is 9.84 Å². The minimum absolute atomic E-state index is 0.147. The molecule has 1 atom stereocenters. The zero-order valence-electron chi connectivity index (χ0n) is 6.05. The molecule has 0 aliphatic heterocycles. The number of aliphatic hydroxyl groups is 1. The van der Waals surface area contributed by atoms with E-state index >= 15 is 0 Å². The normalized spacial score (nSPS) is 25.7. The van der Waals surface area contributed by atoms with Crippen LogP contribution >= 0.6 is 0 Å². The second kappa shape index (κ2) is 2.27. The molecular weight excluding hydrogens is 116 g/mol. The first kappa shape index (κ1) is 7.03. The van der Waals surface area contributed by atoms with E-state index in [-0.39, 0.29) is 12.2 Å². The summed E-state index contributed by atoms with van der Waals surface area (Å²) in [5.41, 5.74) is -0.250. The maximum absolute atomic E-state index is 8.87. The quantitative estimate of drug-likeness (QED) is 0.612. The predicted octanol–water partition coefficient (Wildman–Crippen LogP) is 0.794. The Kier molecular flexibility index (Phi) is 1.78. The monoisotopic (exact) mass is 130 g/mol. The van der Waals surface area contributed by atoms with Gasteiger partial charge in [-0.2, -0.15) is 0 Å². The first-order chi connectivity index (χ1) is 4.23. The van der Waals surface area contributed by atoms with Crippen LogP contribution in [-0.4, -0.2) is 24.4 Å². The van der Waals surface area contributed by atoms with E-state index in [9.17, 15) is 0 Å². The van der Waals surface area contributed by atoms with Crippen LogP contribution in [-0.2, 0) is 4.74 Å². The molecule has 0 aromatic carbocycles. The number of hydrogen-bond acceptors (Lipinski definition) is 2. The first-order valence-corrected chi connectivity index (χ1v) is 3.39. The molecule has 1 N–H and O–H groups in total. The Morgan fingerprint density at radius 1 is 1.67 bits per heavy atom. The molecule has 9 heavy (non-hydrogen) atoms. The molecule has 1 aliphatic rings. The Hall–Kier alpha value is -0.0800. The van der Waals surface area contributed by atoms with Crippen molar-refractivity contribution in [1.82, 2.24) is 0 Å². The van der Waals surface area contributed by atoms with E-state index in [0.717, 1.165) is 0 Å². The van der Waals surface area contributed by atoms with Crippen molar-refractivity contribution in [1.29, 1.82) is 0 Å². The van der Waals surface area contributed by atoms with Gasteiger partial charge < -0.3 is 9.84 Å². The van der Waals surface area contributed by atoms with E-state index in [1.54, 1.807) is 7.11 Å². The SMILES string of the molecule is CO[C@@](C)(CO)C1CC1. The van der Waals surface area contributed by atoms with Crippen molar-refractivity contribution in [2.45, 2.75) is 25.4 Å². The molecular formula is C7H14O2. The summed E-state index contributed by atoms with van der Waals surface area (Å²) in [5, 5.41) is 8.87. The summed E-state index contributed by atoms with van der Waals surface area (Å²) in [6.07, 6.45) is 2.43. The van der Waals surface area contributed by atoms with Crippen molar-refractivity contribution in [3.05, 3.63) is 0 Å². The van der Waals surface area contributed by atoms with Gasteiger partial charge >= 0.3 is 0 Å². The summed E-state index contributed by atoms with van der Waals surface area (Å²) in [7, 11) is 1.66. The molecule has 54 valence electrons. The van der Waals surface area contributed by atoms with Gasteiger partial charge in [-0.3, -0.25) is 0 Å². The average Bonchev–Trinajstić information content (AvgIpc) is 2.68. The van der Waals surface area contributed by atoms with Crippen molar-refractivity contribution in [2.75, 3.05) is 13.7 Å². The van der Waals surface area contributed by atoms with E-state index in [0.29, 0.717) is 5.92 Å². The van der Waals surface area contributed by atoms with Crippen LogP contribution in [0.2, 0.25) is 0 Å². The minimum Gasteiger partial charge on any atom is -0.393 e. The zero-order valence-corrected chi connectivity index (χ0v) is 6.05. The highest BCUT2D eigenvalue weighted by Crippen LogP contribution is 2.40. The third-order valence-corrected chi connectivity index (χ3v) is 2.22. The van der Waals surface area contributed by atoms with Crippen molar-refractivity contribution in [3.8, 4) is 0 Å². The highest BCUT2D eigenvalue weighted by atomic mass is 16.5. The fourth-order valence-electron chi connectivity index (χ4n) is 1.05. The maximum Gasteiger partial charge on any atom is 0.0908 e. The Balaban J connectivity index is 2.43. The summed E-state index contributed by atoms with van der Waals surface area (Å²) in [6, 6.07) is 0. The van der Waals surface area contributed by atoms with Crippen LogP contribution < -0.4 is 0 Å². The van der Waals surface area contributed by atoms with Gasteiger partial charge in [0.05, 0.1) is 12.2 Å². The van der Waals surface area contributed by atoms with Gasteiger partial charge in [0.25, 0.3) is 0 Å². The molecule has 0 heterocycles. The molecule has 0 aromatic rings. The van der Waals surface area contributed by atoms with Gasteiger partial charge in [-0.1, -0.05) is 0 Å². The summed E-state index contributed by atoms with van der Waals surface area (Å²) in [5.74, 6) is 0.604. The maximum atomic E-state index is 8.87. The van der Waals surface area contributed by atoms with E-state index in [1.807, 2.05) is 6.92 Å². The molecule has 2 nitrogen and oxygen atoms in total. The molecule has 0 bridgehead atoms. The van der Waals surface area contributed by atoms with Gasteiger partial charge in [0, 0.05) is 7.11 Å². The van der Waals surface area contributed by atoms with E-state index < -0.39 is 0 Å². The fourth-order valence-corrected chi connectivity index (χ4v) is 1.05. The van der Waals surface area contributed by atoms with E-state index in [2.05, 4.69) is 0 Å². The zero-order chi connectivity index (χ0) is 6.91. The second-order valence-corrected chi connectivity index (χ2v) is 2.95. The lowest BCUT2D eigenvalue weighted by molar-refractivity contribution is -0.0538. The molecule has 1 aliphatic carbocycles. The van der Waals surface area contributed by atoms with Gasteiger partial charge in [0.15, 0.2) is 0 Å². The Bertz CT molecular complexity index is 93.1. The molecule has 1 saturated carbocycles. The number of ether oxygens (including phenoxy) is 1. The molecule has 2 heteroatoms. The number of hydrogen-bond donors (Lipinski definition) is 1. The summed E-state index contributed by atoms with van der Waals surface area (Å²) >= 11 is 0. The van der Waals surface area contributed by atoms with Crippen molar-refractivity contribution in [2.24, 2.45) is 5.92 Å². The first-order valence-electron chi connectivity index (χ1n) is 3.39. The average molecular weight is 130 g/mol. The molecule has 0 amide bonds. The molecule has 0 radical (unpaired) electrons. The highest BCUT2D eigenvalue weighted by molar-refractivity contribution is 4.91. The molecule has 1 fully saturated rings. The standard InChI is InChI=1S/C7H14O2/c1-7(5-8,9-2)6-3-4-6/h6,8H,3-5H2,1-2H3/t7-/m0/s1. The fraction of sp³-hybridized carbons (Fsp3) is 1.00. The summed E-state index contributed by atoms with van der Waals surface area (Å²) in [4.78, 5) is 0. The van der Waals surface area contributed by atoms with Gasteiger partial charge in [0.1, 0.15) is 0 Å². The second-order valence-electron chi connectivity index (χ2n) is 2.95. The van der Waals surface area contributed by atoms with E-state index in [1.165, 1.54) is 12.8 Å². The lowest BCUT2D eigenvalue weighted by Gasteiger charge is -2.24. The van der Waals surface area contributed by atoms with Crippen LogP contribution in [0.15, 0.2) is 0 Å². The molecule has 0 unspecified atom stereocenters. The van der Waals surface area contributed by atoms with Gasteiger partial charge in [-0.05, 0) is 25.7 Å². The summed E-state index contributed by atoms with van der Waals surface area (Å²) < 4.78 is 5.16. The molecule has 0 aromatic heterocycles. The number of aliphatic hydroxyl groups excluding tert-OH is 1. The smallest absolute Gasteiger partial charge is 0.0908 e. The predicted molar refractivity (Wildman–Crippen MR) is 35.2 cm³/mol. The largest absolute Gasteiger partial charge is 0.393 e.